The van der Waals surface area contributed by atoms with E-state index in [1.165, 1.54) is 6.92 Å². The Balaban J connectivity index is 2.84. The SMILES string of the molecule is CC(=O)N(CCOCCF)c1cc(C)c(Br)c(C)c1. The summed E-state index contributed by atoms with van der Waals surface area (Å²) in [6.45, 7) is 5.81. The van der Waals surface area contributed by atoms with Gasteiger partial charge >= 0.3 is 0 Å². The molecule has 0 atom stereocenters. The third-order valence-electron chi connectivity index (χ3n) is 2.79. The number of ether oxygens (including phenoxy) is 1. The van der Waals surface area contributed by atoms with Crippen LogP contribution in [0.4, 0.5) is 10.1 Å². The Morgan fingerprint density at radius 2 is 1.89 bits per heavy atom. The van der Waals surface area contributed by atoms with Gasteiger partial charge in [-0.2, -0.15) is 0 Å². The summed E-state index contributed by atoms with van der Waals surface area (Å²) < 4.78 is 18.1. The van der Waals surface area contributed by atoms with E-state index in [-0.39, 0.29) is 12.5 Å². The molecule has 0 fully saturated rings. The molecule has 1 amide bonds. The van der Waals surface area contributed by atoms with Crippen molar-refractivity contribution in [3.63, 3.8) is 0 Å². The van der Waals surface area contributed by atoms with Crippen LogP contribution in [0.3, 0.4) is 0 Å². The molecule has 0 radical (unpaired) electrons. The molecular weight excluding hydrogens is 313 g/mol. The molecule has 0 unspecified atom stereocenters. The predicted molar refractivity (Wildman–Crippen MR) is 78.4 cm³/mol. The summed E-state index contributed by atoms with van der Waals surface area (Å²) in [7, 11) is 0. The Bertz CT molecular complexity index is 428. The summed E-state index contributed by atoms with van der Waals surface area (Å²) in [6, 6.07) is 3.90. The Labute approximate surface area is 121 Å². The minimum absolute atomic E-state index is 0.0510. The molecule has 1 aromatic carbocycles. The monoisotopic (exact) mass is 331 g/mol. The average Bonchev–Trinajstić information content (AvgIpc) is 2.35. The van der Waals surface area contributed by atoms with Gasteiger partial charge in [0.05, 0.1) is 13.2 Å². The van der Waals surface area contributed by atoms with Gasteiger partial charge in [-0.3, -0.25) is 4.79 Å². The zero-order chi connectivity index (χ0) is 14.4. The van der Waals surface area contributed by atoms with Crippen LogP contribution in [0.15, 0.2) is 16.6 Å². The zero-order valence-corrected chi connectivity index (χ0v) is 13.1. The number of hydrogen-bond acceptors (Lipinski definition) is 2. The molecule has 0 aliphatic rings. The molecule has 5 heteroatoms. The molecular formula is C14H19BrFNO2. The first-order valence-corrected chi connectivity index (χ1v) is 6.95. The van der Waals surface area contributed by atoms with Gasteiger partial charge in [0.25, 0.3) is 0 Å². The highest BCUT2D eigenvalue weighted by atomic mass is 79.9. The first-order valence-electron chi connectivity index (χ1n) is 6.16. The number of amides is 1. The third-order valence-corrected chi connectivity index (χ3v) is 4.04. The summed E-state index contributed by atoms with van der Waals surface area (Å²) >= 11 is 3.50. The number of nitrogens with zero attached hydrogens (tertiary/aromatic N) is 1. The fourth-order valence-electron chi connectivity index (χ4n) is 1.86. The molecule has 0 N–H and O–H groups in total. The van der Waals surface area contributed by atoms with Crippen LogP contribution >= 0.6 is 15.9 Å². The molecule has 0 saturated carbocycles. The maximum absolute atomic E-state index is 11.9. The molecule has 3 nitrogen and oxygen atoms in total. The fourth-order valence-corrected chi connectivity index (χ4v) is 2.09. The van der Waals surface area contributed by atoms with Crippen LogP contribution in [-0.4, -0.2) is 32.3 Å². The van der Waals surface area contributed by atoms with E-state index in [4.69, 9.17) is 4.74 Å². The highest BCUT2D eigenvalue weighted by Gasteiger charge is 2.13. The number of anilines is 1. The Morgan fingerprint density at radius 3 is 2.37 bits per heavy atom. The minimum atomic E-state index is -0.503. The standard InChI is InChI=1S/C14H19BrFNO2/c1-10-8-13(9-11(2)14(10)15)17(12(3)18)5-7-19-6-4-16/h8-9H,4-7H2,1-3H3. The van der Waals surface area contributed by atoms with Crippen LogP contribution in [0.1, 0.15) is 18.1 Å². The molecule has 0 heterocycles. The largest absolute Gasteiger partial charge is 0.377 e. The summed E-state index contributed by atoms with van der Waals surface area (Å²) in [5.41, 5.74) is 2.99. The maximum atomic E-state index is 11.9. The van der Waals surface area contributed by atoms with Crippen molar-refractivity contribution in [3.8, 4) is 0 Å². The Morgan fingerprint density at radius 1 is 1.32 bits per heavy atom. The Kier molecular flexibility index (Phi) is 6.45. The highest BCUT2D eigenvalue weighted by molar-refractivity contribution is 9.10. The zero-order valence-electron chi connectivity index (χ0n) is 11.5. The van der Waals surface area contributed by atoms with Gasteiger partial charge < -0.3 is 9.64 Å². The van der Waals surface area contributed by atoms with Crippen molar-refractivity contribution in [1.82, 2.24) is 0 Å². The van der Waals surface area contributed by atoms with Crippen molar-refractivity contribution in [1.29, 1.82) is 0 Å². The van der Waals surface area contributed by atoms with Gasteiger partial charge in [-0.15, -0.1) is 0 Å². The lowest BCUT2D eigenvalue weighted by molar-refractivity contribution is -0.116. The lowest BCUT2D eigenvalue weighted by Gasteiger charge is -2.22. The van der Waals surface area contributed by atoms with E-state index >= 15 is 0 Å². The van der Waals surface area contributed by atoms with E-state index in [0.29, 0.717) is 13.2 Å². The summed E-state index contributed by atoms with van der Waals surface area (Å²) in [4.78, 5) is 13.3. The number of halogens is 2. The summed E-state index contributed by atoms with van der Waals surface area (Å²) in [5.74, 6) is -0.0510. The van der Waals surface area contributed by atoms with Crippen molar-refractivity contribution >= 4 is 27.5 Å². The van der Waals surface area contributed by atoms with Crippen LogP contribution in [0.5, 0.6) is 0 Å². The first kappa shape index (κ1) is 16.1. The van der Waals surface area contributed by atoms with Crippen LogP contribution in [-0.2, 0) is 9.53 Å². The van der Waals surface area contributed by atoms with Gasteiger partial charge in [-0.1, -0.05) is 15.9 Å². The number of benzene rings is 1. The van der Waals surface area contributed by atoms with Crippen LogP contribution < -0.4 is 4.90 Å². The topological polar surface area (TPSA) is 29.5 Å². The molecule has 0 bridgehead atoms. The van der Waals surface area contributed by atoms with E-state index in [2.05, 4.69) is 15.9 Å². The number of aryl methyl sites for hydroxylation is 2. The third kappa shape index (κ3) is 4.58. The molecule has 19 heavy (non-hydrogen) atoms. The molecule has 0 saturated heterocycles. The van der Waals surface area contributed by atoms with Crippen LogP contribution in [0.2, 0.25) is 0 Å². The molecule has 1 rings (SSSR count). The quantitative estimate of drug-likeness (QED) is 0.747. The second-order valence-corrected chi connectivity index (χ2v) is 5.16. The maximum Gasteiger partial charge on any atom is 0.223 e. The van der Waals surface area contributed by atoms with Crippen molar-refractivity contribution < 1.29 is 13.9 Å². The number of rotatable bonds is 6. The van der Waals surface area contributed by atoms with E-state index in [0.717, 1.165) is 21.3 Å². The summed E-state index contributed by atoms with van der Waals surface area (Å²) in [5, 5.41) is 0. The molecule has 106 valence electrons. The van der Waals surface area contributed by atoms with Crippen molar-refractivity contribution in [2.75, 3.05) is 31.3 Å². The minimum Gasteiger partial charge on any atom is -0.377 e. The number of carbonyl (C=O) groups is 1. The normalized spacial score (nSPS) is 10.6. The molecule has 0 spiro atoms. The predicted octanol–water partition coefficient (Wildman–Crippen LogP) is 3.40. The van der Waals surface area contributed by atoms with Crippen molar-refractivity contribution in [3.05, 3.63) is 27.7 Å². The van der Waals surface area contributed by atoms with Gasteiger partial charge in [0.2, 0.25) is 5.91 Å². The Hall–Kier alpha value is -0.940. The van der Waals surface area contributed by atoms with Gasteiger partial charge in [0.1, 0.15) is 6.67 Å². The molecule has 0 aliphatic carbocycles. The first-order chi connectivity index (χ1) is 8.97. The fraction of sp³-hybridized carbons (Fsp3) is 0.500. The van der Waals surface area contributed by atoms with E-state index < -0.39 is 6.67 Å². The average molecular weight is 332 g/mol. The van der Waals surface area contributed by atoms with E-state index in [1.54, 1.807) is 4.90 Å². The van der Waals surface area contributed by atoms with Gasteiger partial charge in [-0.25, -0.2) is 4.39 Å². The van der Waals surface area contributed by atoms with Gasteiger partial charge in [0, 0.05) is 23.6 Å². The lowest BCUT2D eigenvalue weighted by atomic mass is 10.1. The van der Waals surface area contributed by atoms with Crippen LogP contribution in [0.25, 0.3) is 0 Å². The number of carbonyl (C=O) groups excluding carboxylic acids is 1. The second-order valence-electron chi connectivity index (χ2n) is 4.37. The van der Waals surface area contributed by atoms with Crippen molar-refractivity contribution in [2.45, 2.75) is 20.8 Å². The molecule has 1 aromatic rings. The van der Waals surface area contributed by atoms with Crippen LogP contribution in [0, 0.1) is 13.8 Å². The molecule has 0 aromatic heterocycles. The second kappa shape index (κ2) is 7.60. The van der Waals surface area contributed by atoms with Gasteiger partial charge in [0.15, 0.2) is 0 Å². The van der Waals surface area contributed by atoms with Crippen molar-refractivity contribution in [2.24, 2.45) is 0 Å². The van der Waals surface area contributed by atoms with Gasteiger partial charge in [-0.05, 0) is 37.1 Å². The number of hydrogen-bond donors (Lipinski definition) is 0. The summed E-state index contributed by atoms with van der Waals surface area (Å²) in [6.07, 6.45) is 0. The van der Waals surface area contributed by atoms with E-state index in [1.807, 2.05) is 26.0 Å². The highest BCUT2D eigenvalue weighted by Crippen LogP contribution is 2.27. The number of alkyl halides is 1. The lowest BCUT2D eigenvalue weighted by Crippen LogP contribution is -2.32. The molecule has 0 aliphatic heterocycles. The van der Waals surface area contributed by atoms with E-state index in [9.17, 15) is 9.18 Å². The smallest absolute Gasteiger partial charge is 0.223 e.